The van der Waals surface area contributed by atoms with Crippen LogP contribution in [0.25, 0.3) is 0 Å². The fraction of sp³-hybridized carbons (Fsp3) is 0.833. The highest BCUT2D eigenvalue weighted by Crippen LogP contribution is 2.32. The molecule has 0 bridgehead atoms. The molecule has 0 aromatic heterocycles. The molecule has 0 aromatic carbocycles. The number of carboxylic acids is 1. The van der Waals surface area contributed by atoms with E-state index in [9.17, 15) is 9.59 Å². The van der Waals surface area contributed by atoms with Gasteiger partial charge in [-0.2, -0.15) is 0 Å². The van der Waals surface area contributed by atoms with Crippen molar-refractivity contribution in [2.75, 3.05) is 0 Å². The van der Waals surface area contributed by atoms with Crippen LogP contribution in [-0.2, 0) is 14.3 Å². The first-order valence-corrected chi connectivity index (χ1v) is 5.77. The highest BCUT2D eigenvalue weighted by atomic mass is 16.6. The molecule has 1 N–H and O–H groups in total. The molecule has 1 fully saturated rings. The molecule has 1 aliphatic carbocycles. The molecule has 16 heavy (non-hydrogen) atoms. The van der Waals surface area contributed by atoms with Crippen LogP contribution in [0.3, 0.4) is 0 Å². The SMILES string of the molecule is CC(C)(C)OC(=O)[C@@H]1CCCC[C@@H]1C(=O)O. The summed E-state index contributed by atoms with van der Waals surface area (Å²) in [5.74, 6) is -2.27. The number of hydrogen-bond acceptors (Lipinski definition) is 3. The molecule has 4 nitrogen and oxygen atoms in total. The topological polar surface area (TPSA) is 63.6 Å². The lowest BCUT2D eigenvalue weighted by molar-refractivity contribution is -0.168. The van der Waals surface area contributed by atoms with E-state index in [0.29, 0.717) is 12.8 Å². The molecule has 2 atom stereocenters. The highest BCUT2D eigenvalue weighted by molar-refractivity contribution is 5.81. The molecular weight excluding hydrogens is 208 g/mol. The van der Waals surface area contributed by atoms with Gasteiger partial charge in [-0.3, -0.25) is 9.59 Å². The van der Waals surface area contributed by atoms with Crippen molar-refractivity contribution >= 4 is 11.9 Å². The van der Waals surface area contributed by atoms with Gasteiger partial charge in [0.05, 0.1) is 11.8 Å². The zero-order chi connectivity index (χ0) is 12.3. The average molecular weight is 228 g/mol. The van der Waals surface area contributed by atoms with Crippen LogP contribution >= 0.6 is 0 Å². The monoisotopic (exact) mass is 228 g/mol. The first-order valence-electron chi connectivity index (χ1n) is 5.77. The van der Waals surface area contributed by atoms with E-state index in [1.807, 2.05) is 0 Å². The lowest BCUT2D eigenvalue weighted by atomic mass is 9.79. The maximum absolute atomic E-state index is 11.8. The van der Waals surface area contributed by atoms with E-state index in [4.69, 9.17) is 9.84 Å². The molecule has 0 spiro atoms. The Balaban J connectivity index is 2.68. The van der Waals surface area contributed by atoms with Crippen LogP contribution in [0.15, 0.2) is 0 Å². The Kier molecular flexibility index (Phi) is 3.94. The molecule has 0 aromatic rings. The minimum absolute atomic E-state index is 0.361. The minimum atomic E-state index is -0.879. The number of ether oxygens (including phenoxy) is 1. The summed E-state index contributed by atoms with van der Waals surface area (Å²) in [4.78, 5) is 22.9. The van der Waals surface area contributed by atoms with E-state index in [1.165, 1.54) is 0 Å². The fourth-order valence-corrected chi connectivity index (χ4v) is 2.09. The summed E-state index contributed by atoms with van der Waals surface area (Å²) in [5, 5.41) is 9.05. The van der Waals surface area contributed by atoms with Crippen molar-refractivity contribution in [1.29, 1.82) is 0 Å². The van der Waals surface area contributed by atoms with E-state index in [1.54, 1.807) is 20.8 Å². The van der Waals surface area contributed by atoms with Gasteiger partial charge in [0.25, 0.3) is 0 Å². The molecular formula is C12H20O4. The second kappa shape index (κ2) is 4.85. The molecule has 0 amide bonds. The zero-order valence-corrected chi connectivity index (χ0v) is 10.2. The fourth-order valence-electron chi connectivity index (χ4n) is 2.09. The van der Waals surface area contributed by atoms with Crippen molar-refractivity contribution in [2.24, 2.45) is 11.8 Å². The molecule has 0 saturated heterocycles. The second-order valence-corrected chi connectivity index (χ2v) is 5.37. The number of carbonyl (C=O) groups is 2. The van der Waals surface area contributed by atoms with Crippen molar-refractivity contribution in [2.45, 2.75) is 52.1 Å². The van der Waals surface area contributed by atoms with Crippen molar-refractivity contribution in [3.8, 4) is 0 Å². The Hall–Kier alpha value is -1.06. The normalized spacial score (nSPS) is 26.2. The van der Waals surface area contributed by atoms with Gasteiger partial charge >= 0.3 is 11.9 Å². The first-order chi connectivity index (χ1) is 7.31. The van der Waals surface area contributed by atoms with Gasteiger partial charge in [-0.15, -0.1) is 0 Å². The van der Waals surface area contributed by atoms with Gasteiger partial charge in [-0.05, 0) is 33.6 Å². The third-order valence-corrected chi connectivity index (χ3v) is 2.79. The quantitative estimate of drug-likeness (QED) is 0.736. The Morgan fingerprint density at radius 3 is 2.06 bits per heavy atom. The molecule has 0 unspecified atom stereocenters. The molecule has 1 saturated carbocycles. The van der Waals surface area contributed by atoms with Crippen molar-refractivity contribution in [3.05, 3.63) is 0 Å². The van der Waals surface area contributed by atoms with Gasteiger partial charge in [0.2, 0.25) is 0 Å². The van der Waals surface area contributed by atoms with Gasteiger partial charge in [0.15, 0.2) is 0 Å². The maximum Gasteiger partial charge on any atom is 0.310 e. The van der Waals surface area contributed by atoms with E-state index in [0.717, 1.165) is 12.8 Å². The summed E-state index contributed by atoms with van der Waals surface area (Å²) in [6, 6.07) is 0. The van der Waals surface area contributed by atoms with E-state index < -0.39 is 23.4 Å². The van der Waals surface area contributed by atoms with Gasteiger partial charge in [0.1, 0.15) is 5.60 Å². The van der Waals surface area contributed by atoms with Gasteiger partial charge < -0.3 is 9.84 Å². The number of carboxylic acid groups (broad SMARTS) is 1. The summed E-state index contributed by atoms with van der Waals surface area (Å²) >= 11 is 0. The minimum Gasteiger partial charge on any atom is -0.481 e. The lowest BCUT2D eigenvalue weighted by Gasteiger charge is -2.30. The second-order valence-electron chi connectivity index (χ2n) is 5.37. The molecule has 0 heterocycles. The molecule has 1 aliphatic rings. The molecule has 4 heteroatoms. The number of esters is 1. The van der Waals surface area contributed by atoms with Crippen molar-refractivity contribution in [3.63, 3.8) is 0 Å². The molecule has 0 radical (unpaired) electrons. The number of rotatable bonds is 2. The predicted molar refractivity (Wildman–Crippen MR) is 58.9 cm³/mol. The number of aliphatic carboxylic acids is 1. The van der Waals surface area contributed by atoms with Crippen molar-refractivity contribution < 1.29 is 19.4 Å². The lowest BCUT2D eigenvalue weighted by Crippen LogP contribution is -2.37. The van der Waals surface area contributed by atoms with Crippen LogP contribution in [0.2, 0.25) is 0 Å². The van der Waals surface area contributed by atoms with Crippen LogP contribution in [0.1, 0.15) is 46.5 Å². The summed E-state index contributed by atoms with van der Waals surface area (Å²) in [7, 11) is 0. The standard InChI is InChI=1S/C12H20O4/c1-12(2,3)16-11(15)9-7-5-4-6-8(9)10(13)14/h8-9H,4-7H2,1-3H3,(H,13,14)/t8-,9+/m0/s1. The molecule has 1 rings (SSSR count). The Morgan fingerprint density at radius 1 is 1.12 bits per heavy atom. The Bertz CT molecular complexity index is 277. The Labute approximate surface area is 96.0 Å². The number of hydrogen-bond donors (Lipinski definition) is 1. The van der Waals surface area contributed by atoms with Gasteiger partial charge in [-0.1, -0.05) is 12.8 Å². The van der Waals surface area contributed by atoms with Crippen LogP contribution in [0.5, 0.6) is 0 Å². The van der Waals surface area contributed by atoms with E-state index in [-0.39, 0.29) is 5.97 Å². The van der Waals surface area contributed by atoms with Gasteiger partial charge in [0, 0.05) is 0 Å². The Morgan fingerprint density at radius 2 is 1.62 bits per heavy atom. The number of carbonyl (C=O) groups excluding carboxylic acids is 1. The van der Waals surface area contributed by atoms with Crippen molar-refractivity contribution in [1.82, 2.24) is 0 Å². The van der Waals surface area contributed by atoms with Crippen LogP contribution in [-0.4, -0.2) is 22.6 Å². The zero-order valence-electron chi connectivity index (χ0n) is 10.2. The third kappa shape index (κ3) is 3.51. The van der Waals surface area contributed by atoms with E-state index >= 15 is 0 Å². The van der Waals surface area contributed by atoms with Crippen LogP contribution in [0, 0.1) is 11.8 Å². The largest absolute Gasteiger partial charge is 0.481 e. The highest BCUT2D eigenvalue weighted by Gasteiger charge is 2.38. The summed E-state index contributed by atoms with van der Waals surface area (Å²) < 4.78 is 5.26. The first kappa shape index (κ1) is 13.0. The smallest absolute Gasteiger partial charge is 0.310 e. The summed E-state index contributed by atoms with van der Waals surface area (Å²) in [6.07, 6.45) is 3.01. The van der Waals surface area contributed by atoms with E-state index in [2.05, 4.69) is 0 Å². The van der Waals surface area contributed by atoms with Crippen LogP contribution in [0.4, 0.5) is 0 Å². The molecule has 0 aliphatic heterocycles. The third-order valence-electron chi connectivity index (χ3n) is 2.79. The van der Waals surface area contributed by atoms with Gasteiger partial charge in [-0.25, -0.2) is 0 Å². The maximum atomic E-state index is 11.8. The average Bonchev–Trinajstić information content (AvgIpc) is 2.15. The summed E-state index contributed by atoms with van der Waals surface area (Å²) in [5.41, 5.74) is -0.544. The summed E-state index contributed by atoms with van der Waals surface area (Å²) in [6.45, 7) is 5.39. The predicted octanol–water partition coefficient (Wildman–Crippen LogP) is 2.22. The molecule has 92 valence electrons. The van der Waals surface area contributed by atoms with Crippen LogP contribution < -0.4 is 0 Å².